The highest BCUT2D eigenvalue weighted by atomic mass is 16.5. The highest BCUT2D eigenvalue weighted by molar-refractivity contribution is 5.92. The number of carbonyl (C=O) groups excluding carboxylic acids is 2. The number of aromatic nitrogens is 2. The first-order valence-corrected chi connectivity index (χ1v) is 9.10. The summed E-state index contributed by atoms with van der Waals surface area (Å²) in [4.78, 5) is 37.2. The maximum absolute atomic E-state index is 12.8. The van der Waals surface area contributed by atoms with E-state index in [9.17, 15) is 14.4 Å². The molecule has 0 aliphatic rings. The van der Waals surface area contributed by atoms with E-state index >= 15 is 0 Å². The quantitative estimate of drug-likeness (QED) is 0.616. The second-order valence-corrected chi connectivity index (χ2v) is 6.19. The Morgan fingerprint density at radius 1 is 1.07 bits per heavy atom. The molecule has 0 unspecified atom stereocenters. The van der Waals surface area contributed by atoms with Gasteiger partial charge in [-0.2, -0.15) is 5.10 Å². The van der Waals surface area contributed by atoms with Crippen molar-refractivity contribution in [2.24, 2.45) is 0 Å². The molecule has 150 valence electrons. The van der Waals surface area contributed by atoms with Crippen molar-refractivity contribution in [3.05, 3.63) is 64.6 Å². The maximum Gasteiger partial charge on any atom is 0.311 e. The largest absolute Gasteiger partial charge is 0.495 e. The van der Waals surface area contributed by atoms with Crippen LogP contribution in [0.15, 0.2) is 53.3 Å². The summed E-state index contributed by atoms with van der Waals surface area (Å²) in [6.45, 7) is 1.65. The lowest BCUT2D eigenvalue weighted by molar-refractivity contribution is -0.142. The van der Waals surface area contributed by atoms with Crippen molar-refractivity contribution >= 4 is 28.3 Å². The van der Waals surface area contributed by atoms with Gasteiger partial charge in [0.05, 0.1) is 36.9 Å². The van der Waals surface area contributed by atoms with Gasteiger partial charge < -0.3 is 14.8 Å². The number of esters is 1. The Morgan fingerprint density at radius 2 is 1.76 bits per heavy atom. The average molecular weight is 395 g/mol. The number of methoxy groups -OCH3 is 1. The van der Waals surface area contributed by atoms with Crippen molar-refractivity contribution in [2.75, 3.05) is 19.0 Å². The van der Waals surface area contributed by atoms with E-state index in [2.05, 4.69) is 10.4 Å². The predicted molar refractivity (Wildman–Crippen MR) is 108 cm³/mol. The molecule has 1 amide bonds. The number of hydrogen-bond donors (Lipinski definition) is 1. The number of para-hydroxylation sites is 2. The first-order valence-electron chi connectivity index (χ1n) is 9.10. The van der Waals surface area contributed by atoms with Gasteiger partial charge in [0.25, 0.3) is 5.56 Å². The summed E-state index contributed by atoms with van der Waals surface area (Å²) in [5, 5.41) is 7.91. The van der Waals surface area contributed by atoms with Crippen LogP contribution in [0.1, 0.15) is 12.6 Å². The van der Waals surface area contributed by atoms with Gasteiger partial charge in [-0.1, -0.05) is 30.3 Å². The molecule has 3 rings (SSSR count). The summed E-state index contributed by atoms with van der Waals surface area (Å²) in [7, 11) is 1.50. The molecule has 0 bridgehead atoms. The van der Waals surface area contributed by atoms with E-state index in [1.165, 1.54) is 7.11 Å². The van der Waals surface area contributed by atoms with Gasteiger partial charge in [-0.3, -0.25) is 14.4 Å². The molecule has 0 atom stereocenters. The van der Waals surface area contributed by atoms with Crippen LogP contribution in [0.4, 0.5) is 5.69 Å². The number of rotatable bonds is 7. The van der Waals surface area contributed by atoms with Gasteiger partial charge in [0, 0.05) is 5.39 Å². The molecule has 0 aliphatic heterocycles. The Balaban J connectivity index is 1.92. The fourth-order valence-electron chi connectivity index (χ4n) is 2.97. The summed E-state index contributed by atoms with van der Waals surface area (Å²) in [6, 6.07) is 13.8. The lowest BCUT2D eigenvalue weighted by atomic mass is 10.1. The number of anilines is 1. The number of benzene rings is 2. The van der Waals surface area contributed by atoms with E-state index < -0.39 is 17.4 Å². The Morgan fingerprint density at radius 3 is 2.48 bits per heavy atom. The molecule has 1 heterocycles. The van der Waals surface area contributed by atoms with Crippen molar-refractivity contribution in [2.45, 2.75) is 19.9 Å². The van der Waals surface area contributed by atoms with E-state index in [1.54, 1.807) is 55.5 Å². The van der Waals surface area contributed by atoms with Crippen LogP contribution >= 0.6 is 0 Å². The van der Waals surface area contributed by atoms with Crippen LogP contribution in [-0.4, -0.2) is 35.4 Å². The fraction of sp³-hybridized carbons (Fsp3) is 0.238. The minimum absolute atomic E-state index is 0.0945. The second-order valence-electron chi connectivity index (χ2n) is 6.19. The van der Waals surface area contributed by atoms with Gasteiger partial charge in [-0.25, -0.2) is 4.68 Å². The third-order valence-corrected chi connectivity index (χ3v) is 4.24. The summed E-state index contributed by atoms with van der Waals surface area (Å²) in [6.07, 6.45) is -0.0945. The molecule has 1 N–H and O–H groups in total. The van der Waals surface area contributed by atoms with E-state index in [1.807, 2.05) is 0 Å². The van der Waals surface area contributed by atoms with Crippen LogP contribution in [0, 0.1) is 0 Å². The minimum atomic E-state index is -0.450. The number of fused-ring (bicyclic) bond motifs is 1. The molecular formula is C21H21N3O5. The Labute approximate surface area is 167 Å². The van der Waals surface area contributed by atoms with Crippen molar-refractivity contribution in [1.29, 1.82) is 0 Å². The molecule has 2 aromatic carbocycles. The van der Waals surface area contributed by atoms with Crippen molar-refractivity contribution in [3.8, 4) is 5.75 Å². The zero-order valence-electron chi connectivity index (χ0n) is 16.2. The molecule has 0 spiro atoms. The van der Waals surface area contributed by atoms with Gasteiger partial charge in [0.2, 0.25) is 5.91 Å². The van der Waals surface area contributed by atoms with Crippen molar-refractivity contribution in [1.82, 2.24) is 9.78 Å². The molecule has 0 saturated carbocycles. The highest BCUT2D eigenvalue weighted by Crippen LogP contribution is 2.23. The SMILES string of the molecule is CCOC(=O)Cc1nn(CC(=O)Nc2ccccc2OC)c(=O)c2ccccc12. The number of hydrogen-bond acceptors (Lipinski definition) is 6. The second kappa shape index (κ2) is 9.01. The lowest BCUT2D eigenvalue weighted by Crippen LogP contribution is -2.31. The molecule has 0 aliphatic carbocycles. The molecule has 3 aromatic rings. The third kappa shape index (κ3) is 4.60. The summed E-state index contributed by atoms with van der Waals surface area (Å²) < 4.78 is 11.3. The predicted octanol–water partition coefficient (Wildman–Crippen LogP) is 2.15. The molecular weight excluding hydrogens is 374 g/mol. The topological polar surface area (TPSA) is 99.5 Å². The van der Waals surface area contributed by atoms with E-state index in [-0.39, 0.29) is 19.6 Å². The smallest absolute Gasteiger partial charge is 0.311 e. The van der Waals surface area contributed by atoms with Crippen LogP contribution in [0.25, 0.3) is 10.8 Å². The van der Waals surface area contributed by atoms with E-state index in [0.717, 1.165) is 4.68 Å². The van der Waals surface area contributed by atoms with Crippen molar-refractivity contribution in [3.63, 3.8) is 0 Å². The van der Waals surface area contributed by atoms with Gasteiger partial charge in [-0.05, 0) is 25.1 Å². The number of nitrogens with zero attached hydrogens (tertiary/aromatic N) is 2. The Hall–Kier alpha value is -3.68. The zero-order valence-corrected chi connectivity index (χ0v) is 16.2. The van der Waals surface area contributed by atoms with Crippen LogP contribution < -0.4 is 15.6 Å². The average Bonchev–Trinajstić information content (AvgIpc) is 2.72. The summed E-state index contributed by atoms with van der Waals surface area (Å²) >= 11 is 0. The fourth-order valence-corrected chi connectivity index (χ4v) is 2.97. The Kier molecular flexibility index (Phi) is 6.23. The molecule has 0 fully saturated rings. The van der Waals surface area contributed by atoms with E-state index in [4.69, 9.17) is 9.47 Å². The molecule has 1 aromatic heterocycles. The zero-order chi connectivity index (χ0) is 20.8. The van der Waals surface area contributed by atoms with Gasteiger partial charge in [0.15, 0.2) is 0 Å². The number of carbonyl (C=O) groups is 2. The first-order chi connectivity index (χ1) is 14.0. The van der Waals surface area contributed by atoms with E-state index in [0.29, 0.717) is 27.9 Å². The lowest BCUT2D eigenvalue weighted by Gasteiger charge is -2.12. The third-order valence-electron chi connectivity index (χ3n) is 4.24. The monoisotopic (exact) mass is 395 g/mol. The summed E-state index contributed by atoms with van der Waals surface area (Å²) in [5.74, 6) is -0.391. The molecule has 8 heteroatoms. The van der Waals surface area contributed by atoms with Crippen LogP contribution in [-0.2, 0) is 27.3 Å². The molecule has 0 radical (unpaired) electrons. The number of ether oxygens (including phenoxy) is 2. The Bertz CT molecular complexity index is 1110. The van der Waals surface area contributed by atoms with Gasteiger partial charge in [-0.15, -0.1) is 0 Å². The van der Waals surface area contributed by atoms with Crippen LogP contribution in [0.2, 0.25) is 0 Å². The number of nitrogens with one attached hydrogen (secondary N) is 1. The first kappa shape index (κ1) is 20.1. The van der Waals surface area contributed by atoms with Gasteiger partial charge >= 0.3 is 5.97 Å². The van der Waals surface area contributed by atoms with Crippen LogP contribution in [0.5, 0.6) is 5.75 Å². The standard InChI is InChI=1S/C21H21N3O5/c1-3-29-20(26)12-17-14-8-4-5-9-15(14)21(27)24(23-17)13-19(25)22-16-10-6-7-11-18(16)28-2/h4-11H,3,12-13H2,1-2H3,(H,22,25). The molecule has 0 saturated heterocycles. The number of amides is 1. The highest BCUT2D eigenvalue weighted by Gasteiger charge is 2.16. The van der Waals surface area contributed by atoms with Crippen LogP contribution in [0.3, 0.4) is 0 Å². The minimum Gasteiger partial charge on any atom is -0.495 e. The maximum atomic E-state index is 12.8. The summed E-state index contributed by atoms with van der Waals surface area (Å²) in [5.41, 5.74) is 0.452. The van der Waals surface area contributed by atoms with Crippen molar-refractivity contribution < 1.29 is 19.1 Å². The molecule has 29 heavy (non-hydrogen) atoms. The van der Waals surface area contributed by atoms with Gasteiger partial charge in [0.1, 0.15) is 12.3 Å². The molecule has 8 nitrogen and oxygen atoms in total. The normalized spacial score (nSPS) is 10.6.